The van der Waals surface area contributed by atoms with Crippen LogP contribution < -0.4 is 0 Å². The molecule has 0 bridgehead atoms. The van der Waals surface area contributed by atoms with E-state index in [1.54, 1.807) is 0 Å². The van der Waals surface area contributed by atoms with Gasteiger partial charge in [-0.1, -0.05) is 0 Å². The Labute approximate surface area is 99.2 Å². The summed E-state index contributed by atoms with van der Waals surface area (Å²) < 4.78 is 15.1. The van der Waals surface area contributed by atoms with Crippen LogP contribution in [0.2, 0.25) is 0 Å². The van der Waals surface area contributed by atoms with Gasteiger partial charge in [-0.05, 0) is 0 Å². The average Bonchev–Trinajstić information content (AvgIpc) is 2.78. The summed E-state index contributed by atoms with van der Waals surface area (Å²) in [6.07, 6.45) is -0.737. The van der Waals surface area contributed by atoms with Gasteiger partial charge < -0.3 is 14.2 Å². The zero-order valence-corrected chi connectivity index (χ0v) is 10.2. The van der Waals surface area contributed by atoms with Crippen molar-refractivity contribution >= 4 is 5.97 Å². The molecule has 0 aromatic rings. The summed E-state index contributed by atoms with van der Waals surface area (Å²) in [4.78, 5) is 22.0. The standard InChI is InChI=1S/C10H17NO6/c1-10(2,11(13)14)6-7(8(12)15-3)9-16-4-5-17-9/h7,9H,4-6H2,1-3H3. The molecule has 0 amide bonds. The second-order valence-corrected chi connectivity index (χ2v) is 4.51. The van der Waals surface area contributed by atoms with E-state index in [2.05, 4.69) is 4.74 Å². The van der Waals surface area contributed by atoms with E-state index in [4.69, 9.17) is 9.47 Å². The van der Waals surface area contributed by atoms with Crippen LogP contribution in [0.25, 0.3) is 0 Å². The van der Waals surface area contributed by atoms with Crippen LogP contribution >= 0.6 is 0 Å². The Kier molecular flexibility index (Phi) is 4.41. The van der Waals surface area contributed by atoms with Crippen molar-refractivity contribution in [3.63, 3.8) is 0 Å². The molecule has 0 radical (unpaired) electrons. The summed E-state index contributed by atoms with van der Waals surface area (Å²) >= 11 is 0. The third-order valence-corrected chi connectivity index (χ3v) is 2.69. The van der Waals surface area contributed by atoms with E-state index in [-0.39, 0.29) is 6.42 Å². The van der Waals surface area contributed by atoms with Gasteiger partial charge in [-0.2, -0.15) is 0 Å². The Morgan fingerprint density at radius 1 is 1.53 bits per heavy atom. The summed E-state index contributed by atoms with van der Waals surface area (Å²) in [5.41, 5.74) is -1.23. The number of methoxy groups -OCH3 is 1. The van der Waals surface area contributed by atoms with Crippen molar-refractivity contribution in [2.24, 2.45) is 5.92 Å². The lowest BCUT2D eigenvalue weighted by Gasteiger charge is -2.24. The van der Waals surface area contributed by atoms with E-state index in [1.807, 2.05) is 0 Å². The Morgan fingerprint density at radius 2 is 2.06 bits per heavy atom. The summed E-state index contributed by atoms with van der Waals surface area (Å²) in [5.74, 6) is -1.32. The third kappa shape index (κ3) is 3.37. The molecule has 1 fully saturated rings. The topological polar surface area (TPSA) is 87.9 Å². The van der Waals surface area contributed by atoms with Crippen LogP contribution in [-0.4, -0.2) is 43.0 Å². The van der Waals surface area contributed by atoms with E-state index in [9.17, 15) is 14.9 Å². The Hall–Kier alpha value is -1.21. The lowest BCUT2D eigenvalue weighted by Crippen LogP contribution is -2.40. The maximum absolute atomic E-state index is 11.6. The zero-order valence-electron chi connectivity index (χ0n) is 10.2. The number of esters is 1. The molecular formula is C10H17NO6. The van der Waals surface area contributed by atoms with Gasteiger partial charge in [0, 0.05) is 25.2 Å². The summed E-state index contributed by atoms with van der Waals surface area (Å²) in [6, 6.07) is 0. The molecule has 7 heteroatoms. The smallest absolute Gasteiger partial charge is 0.314 e. The highest BCUT2D eigenvalue weighted by Gasteiger charge is 2.43. The monoisotopic (exact) mass is 247 g/mol. The highest BCUT2D eigenvalue weighted by atomic mass is 16.7. The molecule has 17 heavy (non-hydrogen) atoms. The number of ether oxygens (including phenoxy) is 3. The molecule has 1 aliphatic rings. The van der Waals surface area contributed by atoms with Crippen molar-refractivity contribution in [3.05, 3.63) is 10.1 Å². The fraction of sp³-hybridized carbons (Fsp3) is 0.900. The predicted octanol–water partition coefficient (Wildman–Crippen LogP) is 0.594. The molecule has 1 heterocycles. The van der Waals surface area contributed by atoms with Gasteiger partial charge in [0.05, 0.1) is 20.3 Å². The minimum Gasteiger partial charge on any atom is -0.469 e. The number of nitrogens with zero attached hydrogens (tertiary/aromatic N) is 1. The van der Waals surface area contributed by atoms with Crippen molar-refractivity contribution in [1.82, 2.24) is 0 Å². The number of hydrogen-bond acceptors (Lipinski definition) is 6. The maximum atomic E-state index is 11.6. The van der Waals surface area contributed by atoms with E-state index >= 15 is 0 Å². The minimum absolute atomic E-state index is 0.0112. The molecule has 1 saturated heterocycles. The molecule has 1 unspecified atom stereocenters. The molecule has 1 rings (SSSR count). The first-order chi connectivity index (χ1) is 7.88. The molecule has 0 spiro atoms. The van der Waals surface area contributed by atoms with Gasteiger partial charge in [-0.15, -0.1) is 0 Å². The molecule has 0 N–H and O–H groups in total. The lowest BCUT2D eigenvalue weighted by molar-refractivity contribution is -0.563. The number of hydrogen-bond donors (Lipinski definition) is 0. The van der Waals surface area contributed by atoms with Crippen LogP contribution in [0.15, 0.2) is 0 Å². The maximum Gasteiger partial charge on any atom is 0.314 e. The van der Waals surface area contributed by atoms with Gasteiger partial charge in [0.2, 0.25) is 5.54 Å². The van der Waals surface area contributed by atoms with Crippen LogP contribution in [0.5, 0.6) is 0 Å². The van der Waals surface area contributed by atoms with Gasteiger partial charge in [-0.3, -0.25) is 14.9 Å². The highest BCUT2D eigenvalue weighted by molar-refractivity contribution is 5.72. The Balaban J connectivity index is 2.76. The van der Waals surface area contributed by atoms with Crippen LogP contribution in [0.3, 0.4) is 0 Å². The molecule has 0 saturated carbocycles. The zero-order chi connectivity index (χ0) is 13.1. The van der Waals surface area contributed by atoms with Crippen LogP contribution in [0.1, 0.15) is 20.3 Å². The second kappa shape index (κ2) is 5.42. The summed E-state index contributed by atoms with van der Waals surface area (Å²) in [6.45, 7) is 3.68. The van der Waals surface area contributed by atoms with E-state index in [0.29, 0.717) is 13.2 Å². The molecule has 0 aromatic heterocycles. The van der Waals surface area contributed by atoms with Gasteiger partial charge >= 0.3 is 5.97 Å². The fourth-order valence-electron chi connectivity index (χ4n) is 1.66. The predicted molar refractivity (Wildman–Crippen MR) is 56.9 cm³/mol. The van der Waals surface area contributed by atoms with E-state index in [0.717, 1.165) is 0 Å². The van der Waals surface area contributed by atoms with E-state index < -0.39 is 28.6 Å². The lowest BCUT2D eigenvalue weighted by atomic mass is 9.90. The Morgan fingerprint density at radius 3 is 2.47 bits per heavy atom. The molecule has 98 valence electrons. The van der Waals surface area contributed by atoms with Gasteiger partial charge in [0.1, 0.15) is 5.92 Å². The number of carbonyl (C=O) groups is 1. The minimum atomic E-state index is -1.23. The van der Waals surface area contributed by atoms with Gasteiger partial charge in [0.15, 0.2) is 6.29 Å². The average molecular weight is 247 g/mol. The first kappa shape index (κ1) is 13.9. The van der Waals surface area contributed by atoms with Crippen molar-refractivity contribution in [2.75, 3.05) is 20.3 Å². The molecule has 1 aliphatic heterocycles. The van der Waals surface area contributed by atoms with Crippen molar-refractivity contribution < 1.29 is 23.9 Å². The van der Waals surface area contributed by atoms with Crippen LogP contribution in [-0.2, 0) is 19.0 Å². The quantitative estimate of drug-likeness (QED) is 0.401. The first-order valence-corrected chi connectivity index (χ1v) is 5.34. The Bertz CT molecular complexity index is 297. The fourth-order valence-corrected chi connectivity index (χ4v) is 1.66. The second-order valence-electron chi connectivity index (χ2n) is 4.51. The molecule has 0 aliphatic carbocycles. The number of carbonyl (C=O) groups excluding carboxylic acids is 1. The first-order valence-electron chi connectivity index (χ1n) is 5.34. The number of nitro groups is 1. The third-order valence-electron chi connectivity index (χ3n) is 2.69. The van der Waals surface area contributed by atoms with Crippen molar-refractivity contribution in [2.45, 2.75) is 32.1 Å². The van der Waals surface area contributed by atoms with Gasteiger partial charge in [-0.25, -0.2) is 0 Å². The molecule has 1 atom stereocenters. The normalized spacial score (nSPS) is 19.0. The number of rotatable bonds is 5. The molecule has 7 nitrogen and oxygen atoms in total. The van der Waals surface area contributed by atoms with Crippen molar-refractivity contribution in [3.8, 4) is 0 Å². The van der Waals surface area contributed by atoms with Gasteiger partial charge in [0.25, 0.3) is 0 Å². The SMILES string of the molecule is COC(=O)C(CC(C)(C)[N+](=O)[O-])C1OCCO1. The summed E-state index contributed by atoms with van der Waals surface area (Å²) in [7, 11) is 1.24. The van der Waals surface area contributed by atoms with Crippen LogP contribution in [0.4, 0.5) is 0 Å². The molecule has 0 aromatic carbocycles. The van der Waals surface area contributed by atoms with Crippen molar-refractivity contribution in [1.29, 1.82) is 0 Å². The van der Waals surface area contributed by atoms with E-state index in [1.165, 1.54) is 21.0 Å². The highest BCUT2D eigenvalue weighted by Crippen LogP contribution is 2.27. The van der Waals surface area contributed by atoms with Crippen LogP contribution in [0, 0.1) is 16.0 Å². The summed E-state index contributed by atoms with van der Waals surface area (Å²) in [5, 5.41) is 10.9. The largest absolute Gasteiger partial charge is 0.469 e. The molecular weight excluding hydrogens is 230 g/mol.